The van der Waals surface area contributed by atoms with Crippen LogP contribution < -0.4 is 15.6 Å². The standard InChI is InChI=1S/C12H15FN2O3/c1-3-11(16)14-15-12(17)8(2)18-10-6-4-9(13)5-7-10/h4-8H,3H2,1-2H3,(H,14,16)(H,15,17)/t8-/m1/s1. The lowest BCUT2D eigenvalue weighted by molar-refractivity contribution is -0.132. The Hall–Kier alpha value is -2.11. The largest absolute Gasteiger partial charge is 0.481 e. The van der Waals surface area contributed by atoms with E-state index in [-0.39, 0.29) is 18.1 Å². The summed E-state index contributed by atoms with van der Waals surface area (Å²) in [5, 5.41) is 0. The van der Waals surface area contributed by atoms with Gasteiger partial charge >= 0.3 is 0 Å². The summed E-state index contributed by atoms with van der Waals surface area (Å²) in [7, 11) is 0. The fraction of sp³-hybridized carbons (Fsp3) is 0.333. The highest BCUT2D eigenvalue weighted by Gasteiger charge is 2.14. The molecule has 0 aliphatic heterocycles. The SMILES string of the molecule is CCC(=O)NNC(=O)[C@@H](C)Oc1ccc(F)cc1. The van der Waals surface area contributed by atoms with E-state index in [0.717, 1.165) is 0 Å². The van der Waals surface area contributed by atoms with Crippen LogP contribution in [0.4, 0.5) is 4.39 Å². The van der Waals surface area contributed by atoms with Gasteiger partial charge in [-0.3, -0.25) is 20.4 Å². The molecule has 1 atom stereocenters. The summed E-state index contributed by atoms with van der Waals surface area (Å²) in [5.74, 6) is -0.783. The van der Waals surface area contributed by atoms with Gasteiger partial charge in [0, 0.05) is 6.42 Å². The Balaban J connectivity index is 2.44. The van der Waals surface area contributed by atoms with Crippen LogP contribution in [0.3, 0.4) is 0 Å². The third-order valence-corrected chi connectivity index (χ3v) is 2.14. The van der Waals surface area contributed by atoms with Crippen molar-refractivity contribution < 1.29 is 18.7 Å². The maximum absolute atomic E-state index is 12.6. The summed E-state index contributed by atoms with van der Waals surface area (Å²) in [6.45, 7) is 3.19. The van der Waals surface area contributed by atoms with Crippen molar-refractivity contribution in [3.05, 3.63) is 30.1 Å². The van der Waals surface area contributed by atoms with Gasteiger partial charge in [-0.1, -0.05) is 6.92 Å². The molecule has 0 radical (unpaired) electrons. The van der Waals surface area contributed by atoms with Crippen molar-refractivity contribution in [2.45, 2.75) is 26.4 Å². The summed E-state index contributed by atoms with van der Waals surface area (Å²) in [5.41, 5.74) is 4.46. The van der Waals surface area contributed by atoms with Crippen LogP contribution in [0.15, 0.2) is 24.3 Å². The fourth-order valence-electron chi connectivity index (χ4n) is 1.09. The van der Waals surface area contributed by atoms with Crippen molar-refractivity contribution in [1.29, 1.82) is 0 Å². The Morgan fingerprint density at radius 3 is 2.44 bits per heavy atom. The highest BCUT2D eigenvalue weighted by molar-refractivity contribution is 5.84. The van der Waals surface area contributed by atoms with Gasteiger partial charge in [-0.15, -0.1) is 0 Å². The third kappa shape index (κ3) is 4.40. The molecule has 0 aromatic heterocycles. The maximum atomic E-state index is 12.6. The average molecular weight is 254 g/mol. The van der Waals surface area contributed by atoms with E-state index in [1.54, 1.807) is 6.92 Å². The molecule has 0 saturated carbocycles. The monoisotopic (exact) mass is 254 g/mol. The number of rotatable bonds is 4. The molecule has 1 aromatic carbocycles. The summed E-state index contributed by atoms with van der Waals surface area (Å²) < 4.78 is 17.9. The van der Waals surface area contributed by atoms with Crippen molar-refractivity contribution in [3.63, 3.8) is 0 Å². The van der Waals surface area contributed by atoms with E-state index in [0.29, 0.717) is 5.75 Å². The topological polar surface area (TPSA) is 67.4 Å². The number of hydrazine groups is 1. The molecule has 98 valence electrons. The van der Waals surface area contributed by atoms with Gasteiger partial charge in [0.25, 0.3) is 5.91 Å². The highest BCUT2D eigenvalue weighted by atomic mass is 19.1. The van der Waals surface area contributed by atoms with Gasteiger partial charge in [0.15, 0.2) is 6.10 Å². The quantitative estimate of drug-likeness (QED) is 0.792. The Morgan fingerprint density at radius 1 is 1.28 bits per heavy atom. The Kier molecular flexibility index (Phi) is 5.10. The van der Waals surface area contributed by atoms with Crippen LogP contribution >= 0.6 is 0 Å². The third-order valence-electron chi connectivity index (χ3n) is 2.14. The van der Waals surface area contributed by atoms with E-state index < -0.39 is 12.0 Å². The number of halogens is 1. The smallest absolute Gasteiger partial charge is 0.279 e. The van der Waals surface area contributed by atoms with E-state index in [4.69, 9.17) is 4.74 Å². The molecule has 1 rings (SSSR count). The predicted molar refractivity (Wildman–Crippen MR) is 63.1 cm³/mol. The van der Waals surface area contributed by atoms with Crippen molar-refractivity contribution in [2.75, 3.05) is 0 Å². The van der Waals surface area contributed by atoms with E-state index in [1.807, 2.05) is 0 Å². The molecular formula is C12H15FN2O3. The molecule has 2 amide bonds. The van der Waals surface area contributed by atoms with E-state index in [9.17, 15) is 14.0 Å². The molecular weight excluding hydrogens is 239 g/mol. The van der Waals surface area contributed by atoms with Crippen LogP contribution in [0.1, 0.15) is 20.3 Å². The molecule has 0 bridgehead atoms. The maximum Gasteiger partial charge on any atom is 0.279 e. The first kappa shape index (κ1) is 14.0. The van der Waals surface area contributed by atoms with Crippen molar-refractivity contribution >= 4 is 11.8 Å². The second-order valence-corrected chi connectivity index (χ2v) is 3.60. The first-order valence-electron chi connectivity index (χ1n) is 5.54. The number of benzene rings is 1. The molecule has 0 heterocycles. The van der Waals surface area contributed by atoms with Gasteiger partial charge in [0.2, 0.25) is 5.91 Å². The highest BCUT2D eigenvalue weighted by Crippen LogP contribution is 2.12. The number of ether oxygens (including phenoxy) is 1. The minimum Gasteiger partial charge on any atom is -0.481 e. The molecule has 5 nitrogen and oxygen atoms in total. The Labute approximate surface area is 104 Å². The van der Waals surface area contributed by atoms with E-state index >= 15 is 0 Å². The molecule has 0 saturated heterocycles. The van der Waals surface area contributed by atoms with Gasteiger partial charge in [0.1, 0.15) is 11.6 Å². The minimum absolute atomic E-state index is 0.271. The van der Waals surface area contributed by atoms with Crippen LogP contribution in [0.2, 0.25) is 0 Å². The van der Waals surface area contributed by atoms with Crippen LogP contribution in [0.25, 0.3) is 0 Å². The second-order valence-electron chi connectivity index (χ2n) is 3.60. The summed E-state index contributed by atoms with van der Waals surface area (Å²) >= 11 is 0. The zero-order valence-corrected chi connectivity index (χ0v) is 10.2. The number of hydrogen-bond donors (Lipinski definition) is 2. The molecule has 1 aromatic rings. The van der Waals surface area contributed by atoms with Gasteiger partial charge in [-0.25, -0.2) is 4.39 Å². The summed E-state index contributed by atoms with van der Waals surface area (Å²) in [4.78, 5) is 22.4. The number of carbonyl (C=O) groups excluding carboxylic acids is 2. The lowest BCUT2D eigenvalue weighted by atomic mass is 10.3. The van der Waals surface area contributed by atoms with Crippen LogP contribution in [0, 0.1) is 5.82 Å². The van der Waals surface area contributed by atoms with Gasteiger partial charge in [-0.05, 0) is 31.2 Å². The van der Waals surface area contributed by atoms with Crippen molar-refractivity contribution in [2.24, 2.45) is 0 Å². The lowest BCUT2D eigenvalue weighted by Crippen LogP contribution is -2.46. The zero-order chi connectivity index (χ0) is 13.5. The van der Waals surface area contributed by atoms with Gasteiger partial charge in [0.05, 0.1) is 0 Å². The minimum atomic E-state index is -0.799. The molecule has 0 unspecified atom stereocenters. The first-order chi connectivity index (χ1) is 8.52. The number of carbonyl (C=O) groups is 2. The van der Waals surface area contributed by atoms with E-state index in [1.165, 1.54) is 31.2 Å². The fourth-order valence-corrected chi connectivity index (χ4v) is 1.09. The molecule has 2 N–H and O–H groups in total. The van der Waals surface area contributed by atoms with Crippen LogP contribution in [-0.4, -0.2) is 17.9 Å². The molecule has 0 spiro atoms. The zero-order valence-electron chi connectivity index (χ0n) is 10.2. The summed E-state index contributed by atoms with van der Waals surface area (Å²) in [6, 6.07) is 5.31. The Bertz CT molecular complexity index is 420. The first-order valence-corrected chi connectivity index (χ1v) is 5.54. The lowest BCUT2D eigenvalue weighted by Gasteiger charge is -2.14. The van der Waals surface area contributed by atoms with Gasteiger partial charge < -0.3 is 4.74 Å². The molecule has 18 heavy (non-hydrogen) atoms. The normalized spacial score (nSPS) is 11.5. The molecule has 6 heteroatoms. The number of amides is 2. The molecule has 0 aliphatic carbocycles. The number of hydrogen-bond acceptors (Lipinski definition) is 3. The Morgan fingerprint density at radius 2 is 1.89 bits per heavy atom. The second kappa shape index (κ2) is 6.58. The number of nitrogens with one attached hydrogen (secondary N) is 2. The van der Waals surface area contributed by atoms with Crippen molar-refractivity contribution in [1.82, 2.24) is 10.9 Å². The van der Waals surface area contributed by atoms with Crippen LogP contribution in [-0.2, 0) is 9.59 Å². The predicted octanol–water partition coefficient (Wildman–Crippen LogP) is 1.15. The van der Waals surface area contributed by atoms with Gasteiger partial charge in [-0.2, -0.15) is 0 Å². The van der Waals surface area contributed by atoms with E-state index in [2.05, 4.69) is 10.9 Å². The van der Waals surface area contributed by atoms with Crippen LogP contribution in [0.5, 0.6) is 5.75 Å². The summed E-state index contributed by atoms with van der Waals surface area (Å²) in [6.07, 6.45) is -0.527. The molecule has 0 fully saturated rings. The van der Waals surface area contributed by atoms with Crippen molar-refractivity contribution in [3.8, 4) is 5.75 Å². The molecule has 0 aliphatic rings. The average Bonchev–Trinajstić information content (AvgIpc) is 2.38.